The number of aryl methyl sites for hydroxylation is 1. The summed E-state index contributed by atoms with van der Waals surface area (Å²) in [6.45, 7) is 3.42. The molecule has 0 heterocycles. The van der Waals surface area contributed by atoms with Crippen LogP contribution >= 0.6 is 15.9 Å². The number of hydrogen-bond acceptors (Lipinski definition) is 4. The van der Waals surface area contributed by atoms with Crippen LogP contribution in [0.15, 0.2) is 53.0 Å². The second kappa shape index (κ2) is 9.20. The molecule has 1 N–H and O–H groups in total. The fourth-order valence-electron chi connectivity index (χ4n) is 2.20. The molecule has 0 aliphatic carbocycles. The van der Waals surface area contributed by atoms with Crippen molar-refractivity contribution >= 4 is 39.6 Å². The Morgan fingerprint density at radius 1 is 1.19 bits per heavy atom. The lowest BCUT2D eigenvalue weighted by molar-refractivity contribution is -0.148. The number of benzene rings is 2. The first-order valence-corrected chi connectivity index (χ1v) is 8.78. The van der Waals surface area contributed by atoms with Crippen LogP contribution in [0.25, 0.3) is 6.08 Å². The molecule has 0 aromatic heterocycles. The van der Waals surface area contributed by atoms with Gasteiger partial charge in [0, 0.05) is 10.5 Å². The Kier molecular flexibility index (Phi) is 6.97. The molecule has 2 aromatic rings. The van der Waals surface area contributed by atoms with E-state index >= 15 is 0 Å². The summed E-state index contributed by atoms with van der Waals surface area (Å²) >= 11 is 3.36. The van der Waals surface area contributed by atoms with Gasteiger partial charge in [-0.3, -0.25) is 4.79 Å². The summed E-state index contributed by atoms with van der Waals surface area (Å²) in [4.78, 5) is 24.2. The van der Waals surface area contributed by atoms with Gasteiger partial charge in [0.2, 0.25) is 0 Å². The van der Waals surface area contributed by atoms with E-state index in [2.05, 4.69) is 21.2 Å². The van der Waals surface area contributed by atoms with Gasteiger partial charge < -0.3 is 14.8 Å². The molecular formula is C20H20BrNO4. The fraction of sp³-hybridized carbons (Fsp3) is 0.200. The number of methoxy groups -OCH3 is 1. The smallest absolute Gasteiger partial charge is 0.331 e. The monoisotopic (exact) mass is 417 g/mol. The van der Waals surface area contributed by atoms with Crippen molar-refractivity contribution in [2.75, 3.05) is 12.4 Å². The average Bonchev–Trinajstić information content (AvgIpc) is 2.60. The van der Waals surface area contributed by atoms with Crippen LogP contribution in [0.2, 0.25) is 0 Å². The van der Waals surface area contributed by atoms with Gasteiger partial charge in [-0.25, -0.2) is 4.79 Å². The molecule has 0 unspecified atom stereocenters. The highest BCUT2D eigenvalue weighted by atomic mass is 79.9. The molecule has 6 heteroatoms. The van der Waals surface area contributed by atoms with Crippen molar-refractivity contribution in [1.29, 1.82) is 0 Å². The van der Waals surface area contributed by atoms with Gasteiger partial charge in [-0.1, -0.05) is 34.1 Å². The van der Waals surface area contributed by atoms with Gasteiger partial charge in [0.15, 0.2) is 6.10 Å². The number of amides is 1. The first-order chi connectivity index (χ1) is 12.4. The largest absolute Gasteiger partial charge is 0.495 e. The Labute approximate surface area is 161 Å². The van der Waals surface area contributed by atoms with E-state index in [0.717, 1.165) is 15.6 Å². The highest BCUT2D eigenvalue weighted by Crippen LogP contribution is 2.25. The summed E-state index contributed by atoms with van der Waals surface area (Å²) < 4.78 is 11.3. The van der Waals surface area contributed by atoms with Crippen LogP contribution in [0.5, 0.6) is 5.75 Å². The lowest BCUT2D eigenvalue weighted by atomic mass is 10.2. The second-order valence-corrected chi connectivity index (χ2v) is 6.58. The highest BCUT2D eigenvalue weighted by Gasteiger charge is 2.18. The normalized spacial score (nSPS) is 11.8. The quantitative estimate of drug-likeness (QED) is 0.560. The molecule has 0 radical (unpaired) electrons. The van der Waals surface area contributed by atoms with Crippen molar-refractivity contribution in [2.45, 2.75) is 20.0 Å². The molecule has 26 heavy (non-hydrogen) atoms. The Bertz CT molecular complexity index is 832. The van der Waals surface area contributed by atoms with Gasteiger partial charge in [0.1, 0.15) is 5.75 Å². The summed E-state index contributed by atoms with van der Waals surface area (Å²) in [5.74, 6) is -0.487. The van der Waals surface area contributed by atoms with Crippen LogP contribution < -0.4 is 10.1 Å². The van der Waals surface area contributed by atoms with E-state index in [1.807, 2.05) is 37.3 Å². The molecule has 2 aromatic carbocycles. The van der Waals surface area contributed by atoms with E-state index in [4.69, 9.17) is 9.47 Å². The molecule has 0 saturated heterocycles. The maximum atomic E-state index is 12.3. The van der Waals surface area contributed by atoms with Crippen molar-refractivity contribution in [3.8, 4) is 5.75 Å². The van der Waals surface area contributed by atoms with Crippen LogP contribution in [0, 0.1) is 6.92 Å². The van der Waals surface area contributed by atoms with Gasteiger partial charge in [-0.05, 0) is 55.3 Å². The molecular weight excluding hydrogens is 398 g/mol. The number of carbonyl (C=O) groups is 2. The zero-order valence-electron chi connectivity index (χ0n) is 14.8. The number of hydrogen-bond donors (Lipinski definition) is 1. The maximum absolute atomic E-state index is 12.3. The third-order valence-corrected chi connectivity index (χ3v) is 4.03. The first kappa shape index (κ1) is 19.7. The third-order valence-electron chi connectivity index (χ3n) is 3.54. The zero-order valence-corrected chi connectivity index (χ0v) is 16.4. The molecule has 0 saturated carbocycles. The second-order valence-electron chi connectivity index (χ2n) is 5.66. The van der Waals surface area contributed by atoms with Crippen LogP contribution in [0.1, 0.15) is 18.1 Å². The van der Waals surface area contributed by atoms with E-state index in [-0.39, 0.29) is 0 Å². The van der Waals surface area contributed by atoms with Crippen LogP contribution in [0.4, 0.5) is 5.69 Å². The van der Waals surface area contributed by atoms with Crippen molar-refractivity contribution < 1.29 is 19.1 Å². The van der Waals surface area contributed by atoms with E-state index in [0.29, 0.717) is 11.4 Å². The third kappa shape index (κ3) is 5.74. The summed E-state index contributed by atoms with van der Waals surface area (Å²) in [6, 6.07) is 12.9. The average molecular weight is 418 g/mol. The Balaban J connectivity index is 1.96. The Morgan fingerprint density at radius 2 is 1.96 bits per heavy atom. The molecule has 0 aliphatic heterocycles. The lowest BCUT2D eigenvalue weighted by Gasteiger charge is -2.15. The lowest BCUT2D eigenvalue weighted by Crippen LogP contribution is -2.29. The summed E-state index contributed by atoms with van der Waals surface area (Å²) in [5.41, 5.74) is 2.35. The number of anilines is 1. The predicted molar refractivity (Wildman–Crippen MR) is 105 cm³/mol. The maximum Gasteiger partial charge on any atom is 0.331 e. The van der Waals surface area contributed by atoms with Gasteiger partial charge in [0.25, 0.3) is 5.91 Å². The van der Waals surface area contributed by atoms with Crippen molar-refractivity contribution in [3.63, 3.8) is 0 Å². The summed E-state index contributed by atoms with van der Waals surface area (Å²) in [7, 11) is 1.52. The number of rotatable bonds is 6. The SMILES string of the molecule is COc1ccc(C)cc1NC(=O)[C@H](C)OC(=O)/C=C/c1cccc(Br)c1. The number of esters is 1. The highest BCUT2D eigenvalue weighted by molar-refractivity contribution is 9.10. The van der Waals surface area contributed by atoms with Crippen molar-refractivity contribution in [3.05, 3.63) is 64.1 Å². The number of nitrogens with one attached hydrogen (secondary N) is 1. The van der Waals surface area contributed by atoms with Crippen molar-refractivity contribution in [2.24, 2.45) is 0 Å². The van der Waals surface area contributed by atoms with Crippen molar-refractivity contribution in [1.82, 2.24) is 0 Å². The molecule has 2 rings (SSSR count). The molecule has 136 valence electrons. The van der Waals surface area contributed by atoms with Crippen LogP contribution in [-0.2, 0) is 14.3 Å². The van der Waals surface area contributed by atoms with Gasteiger partial charge >= 0.3 is 5.97 Å². The number of ether oxygens (including phenoxy) is 2. The molecule has 5 nitrogen and oxygen atoms in total. The molecule has 1 atom stereocenters. The zero-order chi connectivity index (χ0) is 19.1. The van der Waals surface area contributed by atoms with Gasteiger partial charge in [-0.2, -0.15) is 0 Å². The topological polar surface area (TPSA) is 64.6 Å². The fourth-order valence-corrected chi connectivity index (χ4v) is 2.61. The van der Waals surface area contributed by atoms with Crippen LogP contribution in [0.3, 0.4) is 0 Å². The number of carbonyl (C=O) groups excluding carboxylic acids is 2. The van der Waals surface area contributed by atoms with E-state index in [9.17, 15) is 9.59 Å². The minimum Gasteiger partial charge on any atom is -0.495 e. The van der Waals surface area contributed by atoms with E-state index in [1.165, 1.54) is 20.1 Å². The predicted octanol–water partition coefficient (Wildman–Crippen LogP) is 4.35. The molecule has 0 spiro atoms. The molecule has 0 bridgehead atoms. The Morgan fingerprint density at radius 3 is 2.65 bits per heavy atom. The molecule has 0 aliphatic rings. The summed E-state index contributed by atoms with van der Waals surface area (Å²) in [5, 5.41) is 2.72. The molecule has 0 fully saturated rings. The van der Waals surface area contributed by atoms with Crippen LogP contribution in [-0.4, -0.2) is 25.1 Å². The van der Waals surface area contributed by atoms with Gasteiger partial charge in [-0.15, -0.1) is 0 Å². The van der Waals surface area contributed by atoms with E-state index < -0.39 is 18.0 Å². The summed E-state index contributed by atoms with van der Waals surface area (Å²) in [6.07, 6.45) is 1.97. The first-order valence-electron chi connectivity index (χ1n) is 7.99. The van der Waals surface area contributed by atoms with Gasteiger partial charge in [0.05, 0.1) is 12.8 Å². The van der Waals surface area contributed by atoms with E-state index in [1.54, 1.807) is 18.2 Å². The Hall–Kier alpha value is -2.60. The minimum absolute atomic E-state index is 0.432. The molecule has 1 amide bonds. The number of halogens is 1. The minimum atomic E-state index is -0.945. The standard InChI is InChI=1S/C20H20BrNO4/c1-13-7-9-18(25-3)17(11-13)22-20(24)14(2)26-19(23)10-8-15-5-4-6-16(21)12-15/h4-12,14H,1-3H3,(H,22,24)/b10-8+/t14-/m0/s1.